The van der Waals surface area contributed by atoms with Crippen molar-refractivity contribution in [2.45, 2.75) is 56.3 Å². The monoisotopic (exact) mass is 436 g/mol. The van der Waals surface area contributed by atoms with Crippen molar-refractivity contribution in [1.29, 1.82) is 0 Å². The fourth-order valence-electron chi connectivity index (χ4n) is 3.36. The molecular weight excluding hydrogens is 407 g/mol. The van der Waals surface area contributed by atoms with Crippen molar-refractivity contribution in [3.63, 3.8) is 0 Å². The molecule has 2 aromatic rings. The van der Waals surface area contributed by atoms with Gasteiger partial charge in [-0.15, -0.1) is 0 Å². The van der Waals surface area contributed by atoms with E-state index < -0.39 is 21.8 Å². The van der Waals surface area contributed by atoms with Crippen LogP contribution in [0, 0.1) is 11.7 Å². The van der Waals surface area contributed by atoms with Gasteiger partial charge >= 0.3 is 5.97 Å². The van der Waals surface area contributed by atoms with E-state index in [9.17, 15) is 17.6 Å². The van der Waals surface area contributed by atoms with Crippen LogP contribution < -0.4 is 4.72 Å². The van der Waals surface area contributed by atoms with Gasteiger partial charge in [0.15, 0.2) is 0 Å². The number of unbranched alkanes of at least 4 members (excludes halogenated alkanes) is 1. The molecule has 1 aromatic carbocycles. The Hall–Kier alpha value is -2.32. The molecule has 0 amide bonds. The minimum atomic E-state index is -3.64. The number of carboxylic acids is 1. The van der Waals surface area contributed by atoms with Crippen LogP contribution in [0.5, 0.6) is 0 Å². The van der Waals surface area contributed by atoms with Crippen molar-refractivity contribution in [2.75, 3.05) is 6.54 Å². The second-order valence-corrected chi connectivity index (χ2v) is 9.17. The molecule has 0 aliphatic rings. The molecule has 2 rings (SSSR count). The third kappa shape index (κ3) is 9.00. The number of hydrogen-bond donors (Lipinski definition) is 2. The minimum Gasteiger partial charge on any atom is -0.481 e. The van der Waals surface area contributed by atoms with Gasteiger partial charge in [-0.25, -0.2) is 17.5 Å². The van der Waals surface area contributed by atoms with E-state index in [0.717, 1.165) is 44.2 Å². The van der Waals surface area contributed by atoms with Gasteiger partial charge in [0, 0.05) is 25.4 Å². The summed E-state index contributed by atoms with van der Waals surface area (Å²) in [6.45, 7) is 0.293. The van der Waals surface area contributed by atoms with Crippen molar-refractivity contribution in [2.24, 2.45) is 5.92 Å². The Morgan fingerprint density at radius 2 is 1.80 bits per heavy atom. The zero-order valence-corrected chi connectivity index (χ0v) is 17.8. The van der Waals surface area contributed by atoms with Crippen LogP contribution in [0.25, 0.3) is 0 Å². The molecule has 0 bridgehead atoms. The maximum absolute atomic E-state index is 12.9. The van der Waals surface area contributed by atoms with E-state index in [4.69, 9.17) is 5.11 Å². The van der Waals surface area contributed by atoms with Crippen LogP contribution >= 0.6 is 0 Å². The van der Waals surface area contributed by atoms with Crippen molar-refractivity contribution in [3.8, 4) is 0 Å². The number of carboxylic acid groups (broad SMARTS) is 1. The number of nitrogens with zero attached hydrogens (tertiary/aromatic N) is 1. The molecule has 164 valence electrons. The highest BCUT2D eigenvalue weighted by Gasteiger charge is 2.14. The molecule has 0 saturated carbocycles. The maximum Gasteiger partial charge on any atom is 0.303 e. The molecule has 2 N–H and O–H groups in total. The first-order chi connectivity index (χ1) is 14.4. The Bertz CT molecular complexity index is 874. The largest absolute Gasteiger partial charge is 0.481 e. The Labute approximate surface area is 177 Å². The van der Waals surface area contributed by atoms with Gasteiger partial charge < -0.3 is 5.11 Å². The molecule has 1 aromatic heterocycles. The first-order valence-corrected chi connectivity index (χ1v) is 11.7. The van der Waals surface area contributed by atoms with Crippen LogP contribution in [-0.2, 0) is 21.2 Å². The predicted molar refractivity (Wildman–Crippen MR) is 113 cm³/mol. The number of benzene rings is 1. The number of aromatic nitrogens is 1. The molecule has 30 heavy (non-hydrogen) atoms. The number of aryl methyl sites for hydroxylation is 1. The van der Waals surface area contributed by atoms with Crippen molar-refractivity contribution in [1.82, 2.24) is 9.71 Å². The zero-order chi connectivity index (χ0) is 21.8. The van der Waals surface area contributed by atoms with E-state index in [0.29, 0.717) is 25.3 Å². The fourth-order valence-corrected chi connectivity index (χ4v) is 4.44. The van der Waals surface area contributed by atoms with Crippen molar-refractivity contribution >= 4 is 16.0 Å². The summed E-state index contributed by atoms with van der Waals surface area (Å²) in [5.41, 5.74) is 1.17. The van der Waals surface area contributed by atoms with Crippen LogP contribution in [0.1, 0.15) is 50.5 Å². The second kappa shape index (κ2) is 12.4. The Kier molecular flexibility index (Phi) is 9.89. The summed E-state index contributed by atoms with van der Waals surface area (Å²) in [7, 11) is -3.64. The number of pyridine rings is 1. The Balaban J connectivity index is 1.73. The average Bonchev–Trinajstić information content (AvgIpc) is 2.72. The van der Waals surface area contributed by atoms with Gasteiger partial charge in [-0.05, 0) is 67.5 Å². The minimum absolute atomic E-state index is 0.0404. The van der Waals surface area contributed by atoms with E-state index in [-0.39, 0.29) is 11.3 Å². The predicted octanol–water partition coefficient (Wildman–Crippen LogP) is 4.17. The molecule has 8 heteroatoms. The summed E-state index contributed by atoms with van der Waals surface area (Å²) in [5, 5.41) is 8.98. The SMILES string of the molecule is O=C(O)CCC(CCCCNS(=O)(=O)c1ccc(F)cc1)CCCc1cccnc1. The highest BCUT2D eigenvalue weighted by Crippen LogP contribution is 2.22. The summed E-state index contributed by atoms with van der Waals surface area (Å²) in [4.78, 5) is 15.1. The van der Waals surface area contributed by atoms with Gasteiger partial charge in [-0.2, -0.15) is 0 Å². The van der Waals surface area contributed by atoms with E-state index in [2.05, 4.69) is 9.71 Å². The molecule has 0 aliphatic heterocycles. The lowest BCUT2D eigenvalue weighted by Crippen LogP contribution is -2.24. The quantitative estimate of drug-likeness (QED) is 0.433. The zero-order valence-electron chi connectivity index (χ0n) is 17.0. The Morgan fingerprint density at radius 1 is 1.07 bits per heavy atom. The number of nitrogens with one attached hydrogen (secondary N) is 1. The number of halogens is 1. The summed E-state index contributed by atoms with van der Waals surface area (Å²) in [6.07, 6.45) is 9.50. The molecule has 0 fully saturated rings. The molecule has 0 radical (unpaired) electrons. The van der Waals surface area contributed by atoms with Gasteiger partial charge in [-0.3, -0.25) is 9.78 Å². The van der Waals surface area contributed by atoms with E-state index in [1.807, 2.05) is 18.3 Å². The molecule has 1 atom stereocenters. The smallest absolute Gasteiger partial charge is 0.303 e. The summed E-state index contributed by atoms with van der Waals surface area (Å²) in [6, 6.07) is 8.65. The molecule has 0 saturated heterocycles. The topological polar surface area (TPSA) is 96.4 Å². The maximum atomic E-state index is 12.9. The van der Waals surface area contributed by atoms with E-state index >= 15 is 0 Å². The third-order valence-corrected chi connectivity index (χ3v) is 6.50. The molecule has 0 aliphatic carbocycles. The second-order valence-electron chi connectivity index (χ2n) is 7.40. The van der Waals surface area contributed by atoms with Crippen molar-refractivity contribution in [3.05, 3.63) is 60.2 Å². The van der Waals surface area contributed by atoms with Crippen molar-refractivity contribution < 1.29 is 22.7 Å². The molecule has 0 spiro atoms. The number of rotatable bonds is 14. The Morgan fingerprint density at radius 3 is 2.47 bits per heavy atom. The lowest BCUT2D eigenvalue weighted by molar-refractivity contribution is -0.137. The van der Waals surface area contributed by atoms with Crippen LogP contribution in [-0.4, -0.2) is 31.0 Å². The summed E-state index contributed by atoms with van der Waals surface area (Å²) in [5.74, 6) is -0.976. The van der Waals surface area contributed by atoms with E-state index in [1.54, 1.807) is 6.20 Å². The molecule has 1 unspecified atom stereocenters. The first-order valence-electron chi connectivity index (χ1n) is 10.2. The van der Waals surface area contributed by atoms with Gasteiger partial charge in [0.25, 0.3) is 0 Å². The van der Waals surface area contributed by atoms with Gasteiger partial charge in [0.2, 0.25) is 10.0 Å². The number of aliphatic carboxylic acids is 1. The lowest BCUT2D eigenvalue weighted by Gasteiger charge is -2.16. The molecular formula is C22H29FN2O4S. The summed E-state index contributed by atoms with van der Waals surface area (Å²) >= 11 is 0. The number of carbonyl (C=O) groups is 1. The average molecular weight is 437 g/mol. The first kappa shape index (κ1) is 24.0. The lowest BCUT2D eigenvalue weighted by atomic mass is 9.91. The highest BCUT2D eigenvalue weighted by atomic mass is 32.2. The normalized spacial score (nSPS) is 12.6. The third-order valence-electron chi connectivity index (χ3n) is 5.02. The van der Waals surface area contributed by atoms with Crippen LogP contribution in [0.4, 0.5) is 4.39 Å². The van der Waals surface area contributed by atoms with Crippen LogP contribution in [0.15, 0.2) is 53.7 Å². The number of sulfonamides is 1. The van der Waals surface area contributed by atoms with E-state index in [1.165, 1.54) is 17.7 Å². The van der Waals surface area contributed by atoms with Gasteiger partial charge in [0.05, 0.1) is 4.90 Å². The highest BCUT2D eigenvalue weighted by molar-refractivity contribution is 7.89. The standard InChI is InChI=1S/C22H29FN2O4S/c23-20-10-12-21(13-11-20)30(28,29)25-16-2-1-5-18(9-14-22(26)27)6-3-7-19-8-4-15-24-17-19/h4,8,10-13,15,17-18,25H,1-3,5-7,9,14,16H2,(H,26,27). The molecule has 6 nitrogen and oxygen atoms in total. The van der Waals surface area contributed by atoms with Crippen LogP contribution in [0.2, 0.25) is 0 Å². The van der Waals surface area contributed by atoms with Gasteiger partial charge in [-0.1, -0.05) is 25.3 Å². The number of hydrogen-bond acceptors (Lipinski definition) is 4. The fraction of sp³-hybridized carbons (Fsp3) is 0.455. The van der Waals surface area contributed by atoms with Gasteiger partial charge in [0.1, 0.15) is 5.82 Å². The van der Waals surface area contributed by atoms with Crippen LogP contribution in [0.3, 0.4) is 0 Å². The summed E-state index contributed by atoms with van der Waals surface area (Å²) < 4.78 is 39.9. The molecule has 1 heterocycles.